The van der Waals surface area contributed by atoms with Crippen molar-refractivity contribution in [3.05, 3.63) is 85.2 Å². The highest BCUT2D eigenvalue weighted by molar-refractivity contribution is 5.77. The molecule has 126 valence electrons. The summed E-state index contributed by atoms with van der Waals surface area (Å²) < 4.78 is 30.5. The Hall–Kier alpha value is -3.54. The number of hydrogen-bond donors (Lipinski definition) is 0. The second-order valence-electron chi connectivity index (χ2n) is 5.54. The van der Waals surface area contributed by atoms with E-state index in [0.29, 0.717) is 16.7 Å². The average molecular weight is 346 g/mol. The Kier molecular flexibility index (Phi) is 4.15. The van der Waals surface area contributed by atoms with Crippen molar-refractivity contribution >= 4 is 0 Å². The molecule has 4 heterocycles. The monoisotopic (exact) mass is 346 g/mol. The zero-order chi connectivity index (χ0) is 17.9. The number of halogens is 2. The van der Waals surface area contributed by atoms with Crippen LogP contribution in [0.4, 0.5) is 8.78 Å². The molecule has 0 bridgehead atoms. The molecule has 0 aliphatic rings. The molecule has 4 rings (SSSR count). The lowest BCUT2D eigenvalue weighted by Gasteiger charge is -2.13. The quantitative estimate of drug-likeness (QED) is 0.546. The first-order chi connectivity index (χ1) is 12.8. The van der Waals surface area contributed by atoms with Gasteiger partial charge in [-0.25, -0.2) is 13.8 Å². The van der Waals surface area contributed by atoms with Gasteiger partial charge in [-0.15, -0.1) is 0 Å². The van der Waals surface area contributed by atoms with Gasteiger partial charge in [0.15, 0.2) is 11.6 Å². The van der Waals surface area contributed by atoms with Crippen molar-refractivity contribution in [2.75, 3.05) is 0 Å². The summed E-state index contributed by atoms with van der Waals surface area (Å²) in [5, 5.41) is 0. The second kappa shape index (κ2) is 6.76. The van der Waals surface area contributed by atoms with E-state index in [1.54, 1.807) is 55.0 Å². The summed E-state index contributed by atoms with van der Waals surface area (Å²) in [6.45, 7) is 0. The number of aromatic nitrogens is 4. The van der Waals surface area contributed by atoms with Crippen LogP contribution in [0.15, 0.2) is 73.6 Å². The van der Waals surface area contributed by atoms with Gasteiger partial charge in [0.1, 0.15) is 11.4 Å². The van der Waals surface area contributed by atoms with Crippen LogP contribution in [0.2, 0.25) is 0 Å². The molecule has 0 spiro atoms. The van der Waals surface area contributed by atoms with Gasteiger partial charge in [0, 0.05) is 53.9 Å². The Morgan fingerprint density at radius 3 is 1.38 bits per heavy atom. The highest BCUT2D eigenvalue weighted by atomic mass is 19.1. The van der Waals surface area contributed by atoms with E-state index in [9.17, 15) is 0 Å². The number of rotatable bonds is 3. The molecule has 4 nitrogen and oxygen atoms in total. The molecule has 0 unspecified atom stereocenters. The fourth-order valence-electron chi connectivity index (χ4n) is 2.70. The van der Waals surface area contributed by atoms with Gasteiger partial charge in [0.25, 0.3) is 0 Å². The Morgan fingerprint density at radius 1 is 0.577 bits per heavy atom. The standard InChI is InChI=1S/C20H12F2N4/c21-17-16(13-4-1-7-23-10-13)18(22)20(15-6-3-9-25-12-15)26-19(17)14-5-2-8-24-11-14/h1-12H. The minimum Gasteiger partial charge on any atom is -0.264 e. The van der Waals surface area contributed by atoms with Crippen LogP contribution < -0.4 is 0 Å². The lowest BCUT2D eigenvalue weighted by molar-refractivity contribution is 0.585. The Morgan fingerprint density at radius 2 is 1.00 bits per heavy atom. The first-order valence-corrected chi connectivity index (χ1v) is 7.86. The van der Waals surface area contributed by atoms with Crippen LogP contribution in [0.3, 0.4) is 0 Å². The van der Waals surface area contributed by atoms with E-state index in [-0.39, 0.29) is 17.0 Å². The fraction of sp³-hybridized carbons (Fsp3) is 0. The summed E-state index contributed by atoms with van der Waals surface area (Å²) in [5.41, 5.74) is 1.13. The molecule has 0 N–H and O–H groups in total. The molecule has 6 heteroatoms. The van der Waals surface area contributed by atoms with Crippen LogP contribution in [0, 0.1) is 11.6 Å². The largest absolute Gasteiger partial charge is 0.264 e. The van der Waals surface area contributed by atoms with Crippen LogP contribution in [0.5, 0.6) is 0 Å². The predicted octanol–water partition coefficient (Wildman–Crippen LogP) is 4.55. The van der Waals surface area contributed by atoms with Gasteiger partial charge in [-0.2, -0.15) is 0 Å². The van der Waals surface area contributed by atoms with Gasteiger partial charge in [0.05, 0.1) is 5.56 Å². The van der Waals surface area contributed by atoms with Gasteiger partial charge in [-0.1, -0.05) is 6.07 Å². The average Bonchev–Trinajstić information content (AvgIpc) is 2.70. The molecule has 4 aromatic rings. The molecule has 0 radical (unpaired) electrons. The van der Waals surface area contributed by atoms with Crippen molar-refractivity contribution in [2.24, 2.45) is 0 Å². The molecule has 0 atom stereocenters. The second-order valence-corrected chi connectivity index (χ2v) is 5.54. The molecular formula is C20H12F2N4. The highest BCUT2D eigenvalue weighted by Crippen LogP contribution is 2.36. The number of pyridine rings is 4. The van der Waals surface area contributed by atoms with E-state index in [2.05, 4.69) is 19.9 Å². The van der Waals surface area contributed by atoms with Crippen molar-refractivity contribution in [3.8, 4) is 33.6 Å². The zero-order valence-corrected chi connectivity index (χ0v) is 13.5. The van der Waals surface area contributed by atoms with Crippen molar-refractivity contribution < 1.29 is 8.78 Å². The van der Waals surface area contributed by atoms with Crippen molar-refractivity contribution in [2.45, 2.75) is 0 Å². The molecular weight excluding hydrogens is 334 g/mol. The summed E-state index contributed by atoms with van der Waals surface area (Å²) in [7, 11) is 0. The maximum Gasteiger partial charge on any atom is 0.160 e. The third kappa shape index (κ3) is 2.82. The third-order valence-corrected chi connectivity index (χ3v) is 3.90. The Labute approximate surface area is 148 Å². The molecule has 0 fully saturated rings. The minimum atomic E-state index is -0.754. The Balaban J connectivity index is 2.05. The number of hydrogen-bond acceptors (Lipinski definition) is 4. The highest BCUT2D eigenvalue weighted by Gasteiger charge is 2.23. The third-order valence-electron chi connectivity index (χ3n) is 3.90. The van der Waals surface area contributed by atoms with E-state index in [1.165, 1.54) is 18.6 Å². The first-order valence-electron chi connectivity index (χ1n) is 7.86. The molecule has 0 saturated heterocycles. The maximum absolute atomic E-state index is 15.2. The molecule has 0 saturated carbocycles. The van der Waals surface area contributed by atoms with E-state index >= 15 is 8.78 Å². The molecule has 0 aliphatic carbocycles. The SMILES string of the molecule is Fc1c(-c2cccnc2)nc(-c2cccnc2)c(F)c1-c1cccnc1. The van der Waals surface area contributed by atoms with Gasteiger partial charge in [-0.05, 0) is 30.3 Å². The summed E-state index contributed by atoms with van der Waals surface area (Å²) in [6, 6.07) is 9.93. The Bertz CT molecular complexity index is 976. The summed E-state index contributed by atoms with van der Waals surface area (Å²) in [4.78, 5) is 16.2. The topological polar surface area (TPSA) is 51.6 Å². The summed E-state index contributed by atoms with van der Waals surface area (Å²) in [5.74, 6) is -1.51. The lowest BCUT2D eigenvalue weighted by Crippen LogP contribution is -2.02. The smallest absolute Gasteiger partial charge is 0.160 e. The summed E-state index contributed by atoms with van der Waals surface area (Å²) in [6.07, 6.45) is 9.10. The lowest BCUT2D eigenvalue weighted by atomic mass is 10.0. The van der Waals surface area contributed by atoms with Crippen molar-refractivity contribution in [1.82, 2.24) is 19.9 Å². The predicted molar refractivity (Wildman–Crippen MR) is 93.8 cm³/mol. The van der Waals surface area contributed by atoms with E-state index in [4.69, 9.17) is 0 Å². The minimum absolute atomic E-state index is 0.0252. The fourth-order valence-corrected chi connectivity index (χ4v) is 2.70. The number of nitrogens with zero attached hydrogens (tertiary/aromatic N) is 4. The molecule has 0 aromatic carbocycles. The van der Waals surface area contributed by atoms with Crippen molar-refractivity contribution in [1.29, 1.82) is 0 Å². The van der Waals surface area contributed by atoms with Crippen LogP contribution in [-0.2, 0) is 0 Å². The van der Waals surface area contributed by atoms with Crippen LogP contribution in [-0.4, -0.2) is 19.9 Å². The van der Waals surface area contributed by atoms with Gasteiger partial charge >= 0.3 is 0 Å². The van der Waals surface area contributed by atoms with Crippen LogP contribution >= 0.6 is 0 Å². The molecule has 0 aliphatic heterocycles. The van der Waals surface area contributed by atoms with Crippen LogP contribution in [0.25, 0.3) is 33.6 Å². The van der Waals surface area contributed by atoms with Gasteiger partial charge in [0.2, 0.25) is 0 Å². The zero-order valence-electron chi connectivity index (χ0n) is 13.5. The van der Waals surface area contributed by atoms with Gasteiger partial charge < -0.3 is 0 Å². The molecule has 4 aromatic heterocycles. The van der Waals surface area contributed by atoms with E-state index in [1.807, 2.05) is 0 Å². The van der Waals surface area contributed by atoms with Crippen molar-refractivity contribution in [3.63, 3.8) is 0 Å². The van der Waals surface area contributed by atoms with Crippen LogP contribution in [0.1, 0.15) is 0 Å². The normalized spacial score (nSPS) is 10.7. The molecule has 0 amide bonds. The summed E-state index contributed by atoms with van der Waals surface area (Å²) >= 11 is 0. The maximum atomic E-state index is 15.2. The van der Waals surface area contributed by atoms with E-state index < -0.39 is 11.6 Å². The van der Waals surface area contributed by atoms with E-state index in [0.717, 1.165) is 0 Å². The molecule has 26 heavy (non-hydrogen) atoms. The first kappa shape index (κ1) is 16.0. The van der Waals surface area contributed by atoms with Gasteiger partial charge in [-0.3, -0.25) is 15.0 Å².